The van der Waals surface area contributed by atoms with Gasteiger partial charge in [0.15, 0.2) is 24.4 Å². The quantitative estimate of drug-likeness (QED) is 0.404. The third-order valence-electron chi connectivity index (χ3n) is 2.74. The van der Waals surface area contributed by atoms with Crippen LogP contribution in [0.4, 0.5) is 0 Å². The maximum atomic E-state index is 11.4. The fourth-order valence-corrected chi connectivity index (χ4v) is 1.91. The number of hydrogen-bond acceptors (Lipinski definition) is 10. The molecule has 0 amide bonds. The fourth-order valence-electron chi connectivity index (χ4n) is 1.91. The Bertz CT molecular complexity index is 540. The van der Waals surface area contributed by atoms with Crippen LogP contribution in [0.2, 0.25) is 0 Å². The van der Waals surface area contributed by atoms with Gasteiger partial charge in [-0.05, 0) is 0 Å². The lowest BCUT2D eigenvalue weighted by Gasteiger charge is -2.33. The van der Waals surface area contributed by atoms with Crippen LogP contribution in [0.1, 0.15) is 27.7 Å². The highest BCUT2D eigenvalue weighted by Gasteiger charge is 2.42. The van der Waals surface area contributed by atoms with Crippen molar-refractivity contribution in [1.29, 1.82) is 5.26 Å². The summed E-state index contributed by atoms with van der Waals surface area (Å²) < 4.78 is 24.9. The Balaban J connectivity index is 5.82. The van der Waals surface area contributed by atoms with Gasteiger partial charge in [0.05, 0.1) is 6.07 Å². The average Bonchev–Trinajstić information content (AvgIpc) is 2.48. The monoisotopic (exact) mass is 359 g/mol. The highest BCUT2D eigenvalue weighted by Crippen LogP contribution is 2.19. The zero-order valence-electron chi connectivity index (χ0n) is 14.6. The molecule has 0 N–H and O–H groups in total. The summed E-state index contributed by atoms with van der Waals surface area (Å²) in [6, 6.07) is 1.74. The van der Waals surface area contributed by atoms with Crippen LogP contribution in [0.25, 0.3) is 0 Å². The second-order valence-corrected chi connectivity index (χ2v) is 4.88. The summed E-state index contributed by atoms with van der Waals surface area (Å²) in [5.41, 5.74) is 0. The molecule has 10 nitrogen and oxygen atoms in total. The Hall–Kier alpha value is -2.67. The first kappa shape index (κ1) is 22.3. The van der Waals surface area contributed by atoms with Crippen LogP contribution >= 0.6 is 0 Å². The number of carbonyl (C=O) groups is 4. The van der Waals surface area contributed by atoms with Gasteiger partial charge < -0.3 is 23.7 Å². The predicted octanol–water partition coefficient (Wildman–Crippen LogP) is -0.117. The van der Waals surface area contributed by atoms with Gasteiger partial charge in [0.25, 0.3) is 0 Å². The maximum absolute atomic E-state index is 11.4. The van der Waals surface area contributed by atoms with Crippen LogP contribution in [0, 0.1) is 11.3 Å². The van der Waals surface area contributed by atoms with E-state index in [1.54, 1.807) is 6.07 Å². The average molecular weight is 359 g/mol. The molecule has 140 valence electrons. The lowest BCUT2D eigenvalue weighted by atomic mass is 10.0. The zero-order valence-corrected chi connectivity index (χ0v) is 14.6. The van der Waals surface area contributed by atoms with Gasteiger partial charge >= 0.3 is 23.9 Å². The maximum Gasteiger partial charge on any atom is 0.303 e. The third-order valence-corrected chi connectivity index (χ3v) is 2.74. The minimum absolute atomic E-state index is 0.480. The van der Waals surface area contributed by atoms with Crippen molar-refractivity contribution in [3.05, 3.63) is 0 Å². The molecule has 0 aliphatic rings. The third kappa shape index (κ3) is 8.66. The minimum Gasteiger partial charge on any atom is -0.462 e. The van der Waals surface area contributed by atoms with E-state index >= 15 is 0 Å². The molecule has 0 aromatic heterocycles. The van der Waals surface area contributed by atoms with Gasteiger partial charge in [0.2, 0.25) is 0 Å². The largest absolute Gasteiger partial charge is 0.462 e. The fraction of sp³-hybridized carbons (Fsp3) is 0.667. The molecule has 0 fully saturated rings. The molecule has 0 radical (unpaired) electrons. The second kappa shape index (κ2) is 11.0. The number of esters is 4. The molecule has 0 aromatic rings. The van der Waals surface area contributed by atoms with Crippen LogP contribution in [0.5, 0.6) is 0 Å². The molecule has 0 bridgehead atoms. The minimum atomic E-state index is -1.44. The summed E-state index contributed by atoms with van der Waals surface area (Å²) in [7, 11) is 1.18. The molecule has 0 rings (SSSR count). The summed E-state index contributed by atoms with van der Waals surface area (Å²) >= 11 is 0. The van der Waals surface area contributed by atoms with Crippen LogP contribution in [-0.2, 0) is 42.9 Å². The normalized spacial score (nSPS) is 14.9. The van der Waals surface area contributed by atoms with Crippen molar-refractivity contribution in [2.45, 2.75) is 52.1 Å². The Kier molecular flexibility index (Phi) is 9.81. The van der Waals surface area contributed by atoms with Crippen molar-refractivity contribution in [3.63, 3.8) is 0 Å². The van der Waals surface area contributed by atoms with Crippen LogP contribution in [-0.4, -0.2) is 62.0 Å². The van der Waals surface area contributed by atoms with E-state index in [4.69, 9.17) is 23.7 Å². The topological polar surface area (TPSA) is 138 Å². The highest BCUT2D eigenvalue weighted by atomic mass is 16.6. The van der Waals surface area contributed by atoms with E-state index in [0.717, 1.165) is 27.7 Å². The van der Waals surface area contributed by atoms with Crippen LogP contribution in [0.3, 0.4) is 0 Å². The number of hydrogen-bond donors (Lipinski definition) is 0. The molecule has 0 spiro atoms. The highest BCUT2D eigenvalue weighted by molar-refractivity contribution is 5.68. The summed E-state index contributed by atoms with van der Waals surface area (Å²) in [4.78, 5) is 45.2. The van der Waals surface area contributed by atoms with Crippen molar-refractivity contribution in [3.8, 4) is 6.07 Å². The van der Waals surface area contributed by atoms with E-state index in [-0.39, 0.29) is 0 Å². The first-order chi connectivity index (χ1) is 11.6. The Morgan fingerprint density at radius 3 is 1.68 bits per heavy atom. The summed E-state index contributed by atoms with van der Waals surface area (Å²) in [5, 5.41) is 9.17. The van der Waals surface area contributed by atoms with Crippen molar-refractivity contribution in [2.75, 3.05) is 13.7 Å². The standard InChI is InChI=1S/C15H21NO9/c1-8(17)22-7-13(23-9(2)18)15(25-11(4)20)14(24-10(3)19)12(6-16)21-5/h12-15H,7H2,1-5H3/t12-,13+,14+,15+/m1/s1. The van der Waals surface area contributed by atoms with Gasteiger partial charge in [-0.2, -0.15) is 5.26 Å². The lowest BCUT2D eigenvalue weighted by Crippen LogP contribution is -2.52. The van der Waals surface area contributed by atoms with Gasteiger partial charge in [-0.25, -0.2) is 0 Å². The lowest BCUT2D eigenvalue weighted by molar-refractivity contribution is -0.196. The summed E-state index contributed by atoms with van der Waals surface area (Å²) in [6.07, 6.45) is -5.50. The van der Waals surface area contributed by atoms with Gasteiger partial charge in [-0.15, -0.1) is 0 Å². The molecular formula is C15H21NO9. The Morgan fingerprint density at radius 2 is 1.32 bits per heavy atom. The van der Waals surface area contributed by atoms with Crippen molar-refractivity contribution < 1.29 is 42.9 Å². The number of rotatable bonds is 9. The number of nitriles is 1. The van der Waals surface area contributed by atoms with Crippen molar-refractivity contribution in [2.24, 2.45) is 0 Å². The molecule has 0 aliphatic heterocycles. The molecule has 0 saturated heterocycles. The Morgan fingerprint density at radius 1 is 0.840 bits per heavy atom. The van der Waals surface area contributed by atoms with Crippen LogP contribution in [0.15, 0.2) is 0 Å². The Labute approximate surface area is 144 Å². The van der Waals surface area contributed by atoms with Crippen molar-refractivity contribution in [1.82, 2.24) is 0 Å². The molecule has 4 atom stereocenters. The second-order valence-electron chi connectivity index (χ2n) is 4.88. The summed E-state index contributed by atoms with van der Waals surface area (Å²) in [6.45, 7) is 3.89. The predicted molar refractivity (Wildman–Crippen MR) is 79.7 cm³/mol. The number of methoxy groups -OCH3 is 1. The number of ether oxygens (including phenoxy) is 5. The first-order valence-electron chi connectivity index (χ1n) is 7.19. The summed E-state index contributed by atoms with van der Waals surface area (Å²) in [5.74, 6) is -3.02. The van der Waals surface area contributed by atoms with E-state index in [0.29, 0.717) is 0 Å². The van der Waals surface area contributed by atoms with Crippen LogP contribution < -0.4 is 0 Å². The molecule has 0 aromatic carbocycles. The molecule has 0 aliphatic carbocycles. The van der Waals surface area contributed by atoms with Crippen molar-refractivity contribution >= 4 is 23.9 Å². The molecule has 25 heavy (non-hydrogen) atoms. The van der Waals surface area contributed by atoms with Gasteiger partial charge in [-0.3, -0.25) is 19.2 Å². The van der Waals surface area contributed by atoms with Gasteiger partial charge in [-0.1, -0.05) is 0 Å². The first-order valence-corrected chi connectivity index (χ1v) is 7.19. The SMILES string of the molecule is CO[C@H](C#N)[C@H](OC(C)=O)[C@@H](OC(C)=O)[C@H](COC(C)=O)OC(C)=O. The van der Waals surface area contributed by atoms with Gasteiger partial charge in [0.1, 0.15) is 6.61 Å². The molecule has 10 heteroatoms. The van der Waals surface area contributed by atoms with E-state index in [9.17, 15) is 24.4 Å². The van der Waals surface area contributed by atoms with E-state index in [1.165, 1.54) is 7.11 Å². The molecular weight excluding hydrogens is 338 g/mol. The number of nitrogens with zero attached hydrogens (tertiary/aromatic N) is 1. The van der Waals surface area contributed by atoms with E-state index < -0.39 is 54.9 Å². The zero-order chi connectivity index (χ0) is 19.6. The molecule has 0 saturated carbocycles. The number of carbonyl (C=O) groups excluding carboxylic acids is 4. The smallest absolute Gasteiger partial charge is 0.303 e. The van der Waals surface area contributed by atoms with E-state index in [2.05, 4.69) is 0 Å². The van der Waals surface area contributed by atoms with Gasteiger partial charge in [0, 0.05) is 34.8 Å². The molecule has 0 unspecified atom stereocenters. The molecule has 0 heterocycles. The van der Waals surface area contributed by atoms with E-state index in [1.807, 2.05) is 0 Å².